The molecule has 0 fully saturated rings. The van der Waals surface area contributed by atoms with Crippen LogP contribution in [0.2, 0.25) is 0 Å². The third-order valence-corrected chi connectivity index (χ3v) is 6.99. The van der Waals surface area contributed by atoms with Crippen LogP contribution in [0.5, 0.6) is 5.75 Å². The summed E-state index contributed by atoms with van der Waals surface area (Å²) >= 11 is 3.18. The van der Waals surface area contributed by atoms with Crippen molar-refractivity contribution in [3.8, 4) is 26.9 Å². The van der Waals surface area contributed by atoms with Gasteiger partial charge in [-0.3, -0.25) is 4.68 Å². The van der Waals surface area contributed by atoms with Gasteiger partial charge in [-0.25, -0.2) is 9.78 Å². The number of thiophene rings is 1. The molecule has 0 unspecified atom stereocenters. The van der Waals surface area contributed by atoms with E-state index in [0.717, 1.165) is 49.8 Å². The maximum absolute atomic E-state index is 11.0. The smallest absolute Gasteiger partial charge is 0.328 e. The molecular formula is C27H21N3O3S2. The Morgan fingerprint density at radius 2 is 1.86 bits per heavy atom. The maximum Gasteiger partial charge on any atom is 0.328 e. The van der Waals surface area contributed by atoms with E-state index in [2.05, 4.69) is 17.1 Å². The lowest BCUT2D eigenvalue weighted by atomic mass is 10.2. The van der Waals surface area contributed by atoms with Gasteiger partial charge in [-0.05, 0) is 35.2 Å². The van der Waals surface area contributed by atoms with Gasteiger partial charge in [0.2, 0.25) is 0 Å². The van der Waals surface area contributed by atoms with E-state index < -0.39 is 5.97 Å². The molecule has 0 saturated carbocycles. The van der Waals surface area contributed by atoms with Gasteiger partial charge in [-0.15, -0.1) is 22.7 Å². The second-order valence-electron chi connectivity index (χ2n) is 7.72. The highest BCUT2D eigenvalue weighted by molar-refractivity contribution is 7.13. The zero-order valence-electron chi connectivity index (χ0n) is 18.6. The lowest BCUT2D eigenvalue weighted by molar-refractivity contribution is -0.131. The minimum absolute atomic E-state index is 0.408. The SMILES string of the molecule is O=C(O)/C=C/c1cn(Cc2ccc(OCc3csc(-c4ccccc4)n3)cc2)nc1-c1cccs1. The van der Waals surface area contributed by atoms with Gasteiger partial charge >= 0.3 is 5.97 Å². The van der Waals surface area contributed by atoms with Crippen molar-refractivity contribution < 1.29 is 14.6 Å². The Labute approximate surface area is 210 Å². The molecule has 3 aromatic heterocycles. The fraction of sp³-hybridized carbons (Fsp3) is 0.0741. The van der Waals surface area contributed by atoms with Gasteiger partial charge in [-0.2, -0.15) is 5.10 Å². The number of carboxylic acids is 1. The number of nitrogens with zero attached hydrogens (tertiary/aromatic N) is 3. The molecule has 1 N–H and O–H groups in total. The molecule has 6 nitrogen and oxygen atoms in total. The van der Waals surface area contributed by atoms with E-state index in [9.17, 15) is 4.79 Å². The van der Waals surface area contributed by atoms with Gasteiger partial charge in [-0.1, -0.05) is 48.5 Å². The van der Waals surface area contributed by atoms with Crippen LogP contribution in [0, 0.1) is 0 Å². The van der Waals surface area contributed by atoms with Gasteiger partial charge in [0.25, 0.3) is 0 Å². The zero-order chi connectivity index (χ0) is 24.0. The van der Waals surface area contributed by atoms with Crippen LogP contribution in [0.15, 0.2) is 89.8 Å². The second-order valence-corrected chi connectivity index (χ2v) is 9.53. The van der Waals surface area contributed by atoms with Crippen LogP contribution >= 0.6 is 22.7 Å². The molecule has 0 radical (unpaired) electrons. The molecule has 0 spiro atoms. The molecule has 5 aromatic rings. The van der Waals surface area contributed by atoms with Crippen LogP contribution in [-0.2, 0) is 17.9 Å². The summed E-state index contributed by atoms with van der Waals surface area (Å²) in [5, 5.41) is 18.7. The molecule has 3 heterocycles. The number of carboxylic acid groups (broad SMARTS) is 1. The number of benzene rings is 2. The van der Waals surface area contributed by atoms with Crippen molar-refractivity contribution in [3.05, 3.63) is 107 Å². The highest BCUT2D eigenvalue weighted by atomic mass is 32.1. The van der Waals surface area contributed by atoms with Gasteiger partial charge < -0.3 is 9.84 Å². The minimum Gasteiger partial charge on any atom is -0.487 e. The van der Waals surface area contributed by atoms with E-state index in [1.165, 1.54) is 0 Å². The summed E-state index contributed by atoms with van der Waals surface area (Å²) in [6.45, 7) is 0.970. The average molecular weight is 500 g/mol. The first-order valence-corrected chi connectivity index (χ1v) is 12.6. The summed E-state index contributed by atoms with van der Waals surface area (Å²) < 4.78 is 7.76. The minimum atomic E-state index is -0.987. The van der Waals surface area contributed by atoms with E-state index in [1.54, 1.807) is 28.7 Å². The summed E-state index contributed by atoms with van der Waals surface area (Å²) in [6, 6.07) is 21.9. The Kier molecular flexibility index (Phi) is 6.83. The van der Waals surface area contributed by atoms with E-state index >= 15 is 0 Å². The quantitative estimate of drug-likeness (QED) is 0.236. The number of hydrogen-bond donors (Lipinski definition) is 1. The molecule has 0 bridgehead atoms. The van der Waals surface area contributed by atoms with Crippen molar-refractivity contribution in [1.82, 2.24) is 14.8 Å². The Morgan fingerprint density at radius 1 is 1.03 bits per heavy atom. The molecule has 2 aromatic carbocycles. The summed E-state index contributed by atoms with van der Waals surface area (Å²) in [4.78, 5) is 16.6. The fourth-order valence-corrected chi connectivity index (χ4v) is 5.07. The van der Waals surface area contributed by atoms with E-state index in [1.807, 2.05) is 76.2 Å². The normalized spacial score (nSPS) is 11.2. The molecule has 174 valence electrons. The molecule has 0 aliphatic heterocycles. The Balaban J connectivity index is 1.24. The number of carbonyl (C=O) groups is 1. The lowest BCUT2D eigenvalue weighted by Crippen LogP contribution is -2.01. The molecule has 0 saturated heterocycles. The Morgan fingerprint density at radius 3 is 2.60 bits per heavy atom. The first-order valence-electron chi connectivity index (χ1n) is 10.9. The van der Waals surface area contributed by atoms with Crippen molar-refractivity contribution in [2.45, 2.75) is 13.2 Å². The van der Waals surface area contributed by atoms with E-state index in [-0.39, 0.29) is 0 Å². The largest absolute Gasteiger partial charge is 0.487 e. The molecule has 8 heteroatoms. The van der Waals surface area contributed by atoms with Gasteiger partial charge in [0.05, 0.1) is 17.1 Å². The molecule has 35 heavy (non-hydrogen) atoms. The third-order valence-electron chi connectivity index (χ3n) is 5.18. The Bertz CT molecular complexity index is 1440. The number of thiazole rings is 1. The fourth-order valence-electron chi connectivity index (χ4n) is 3.53. The van der Waals surface area contributed by atoms with Crippen molar-refractivity contribution in [3.63, 3.8) is 0 Å². The average Bonchev–Trinajstić information content (AvgIpc) is 3.64. The van der Waals surface area contributed by atoms with Gasteiger partial charge in [0, 0.05) is 28.8 Å². The summed E-state index contributed by atoms with van der Waals surface area (Å²) in [7, 11) is 0. The first kappa shape index (κ1) is 22.8. The van der Waals surface area contributed by atoms with Crippen molar-refractivity contribution in [2.24, 2.45) is 0 Å². The molecule has 5 rings (SSSR count). The van der Waals surface area contributed by atoms with Crippen molar-refractivity contribution in [1.29, 1.82) is 0 Å². The lowest BCUT2D eigenvalue weighted by Gasteiger charge is -2.06. The number of aromatic nitrogens is 3. The third kappa shape index (κ3) is 5.74. The first-order chi connectivity index (χ1) is 17.1. The highest BCUT2D eigenvalue weighted by Crippen LogP contribution is 2.28. The number of ether oxygens (including phenoxy) is 1. The van der Waals surface area contributed by atoms with Crippen LogP contribution in [0.25, 0.3) is 27.2 Å². The van der Waals surface area contributed by atoms with Crippen LogP contribution in [0.1, 0.15) is 16.8 Å². The summed E-state index contributed by atoms with van der Waals surface area (Å²) in [6.07, 6.45) is 4.58. The number of hydrogen-bond acceptors (Lipinski definition) is 6. The molecular weight excluding hydrogens is 478 g/mol. The molecule has 0 atom stereocenters. The molecule has 0 aliphatic rings. The molecule has 0 amide bonds. The zero-order valence-corrected chi connectivity index (χ0v) is 20.2. The second kappa shape index (κ2) is 10.5. The van der Waals surface area contributed by atoms with Crippen LogP contribution in [0.4, 0.5) is 0 Å². The van der Waals surface area contributed by atoms with E-state index in [0.29, 0.717) is 13.2 Å². The summed E-state index contributed by atoms with van der Waals surface area (Å²) in [5.41, 5.74) is 4.61. The predicted molar refractivity (Wildman–Crippen MR) is 140 cm³/mol. The van der Waals surface area contributed by atoms with E-state index in [4.69, 9.17) is 14.9 Å². The number of rotatable bonds is 9. The maximum atomic E-state index is 11.0. The monoisotopic (exact) mass is 499 g/mol. The van der Waals surface area contributed by atoms with Crippen LogP contribution in [0.3, 0.4) is 0 Å². The van der Waals surface area contributed by atoms with Gasteiger partial charge in [0.15, 0.2) is 0 Å². The summed E-state index contributed by atoms with van der Waals surface area (Å²) in [5.74, 6) is -0.216. The van der Waals surface area contributed by atoms with Crippen molar-refractivity contribution in [2.75, 3.05) is 0 Å². The number of aliphatic carboxylic acids is 1. The highest BCUT2D eigenvalue weighted by Gasteiger charge is 2.11. The standard InChI is InChI=1S/C27H21N3O3S2/c31-25(32)13-10-21-16-30(29-26(21)24-7-4-14-34-24)15-19-8-11-23(12-9-19)33-17-22-18-35-27(28-22)20-5-2-1-3-6-20/h1-14,16,18H,15,17H2,(H,31,32)/b13-10+. The molecule has 0 aliphatic carbocycles. The van der Waals surface area contributed by atoms with Gasteiger partial charge in [0.1, 0.15) is 23.1 Å². The van der Waals surface area contributed by atoms with Crippen LogP contribution in [-0.4, -0.2) is 25.8 Å². The predicted octanol–water partition coefficient (Wildman–Crippen LogP) is 6.46. The Hall–Kier alpha value is -4.01. The van der Waals surface area contributed by atoms with Crippen molar-refractivity contribution >= 4 is 34.7 Å². The topological polar surface area (TPSA) is 77.2 Å². The van der Waals surface area contributed by atoms with Crippen LogP contribution < -0.4 is 4.74 Å².